The van der Waals surface area contributed by atoms with Gasteiger partial charge in [0, 0.05) is 0 Å². The third kappa shape index (κ3) is 6.94. The van der Waals surface area contributed by atoms with E-state index in [0.29, 0.717) is 15.8 Å². The predicted molar refractivity (Wildman–Crippen MR) is 54.4 cm³/mol. The maximum atomic E-state index is 2.43. The van der Waals surface area contributed by atoms with Crippen molar-refractivity contribution >= 4 is 15.8 Å². The van der Waals surface area contributed by atoms with E-state index >= 15 is 0 Å². The Labute approximate surface area is 78.8 Å². The van der Waals surface area contributed by atoms with Gasteiger partial charge >= 0.3 is 78.5 Å². The second-order valence-corrected chi connectivity index (χ2v) is 7.75. The van der Waals surface area contributed by atoms with Crippen molar-refractivity contribution in [2.24, 2.45) is 0 Å². The molecule has 1 heteroatoms. The minimum atomic E-state index is 0.626. The first-order valence-corrected chi connectivity index (χ1v) is 7.07. The van der Waals surface area contributed by atoms with Gasteiger partial charge in [-0.15, -0.1) is 0 Å². The molecular formula is C10H22As. The molecule has 0 aromatic rings. The maximum absolute atomic E-state index is 2.43. The minimum absolute atomic E-state index is 0.626. The van der Waals surface area contributed by atoms with Crippen molar-refractivity contribution in [2.75, 3.05) is 0 Å². The van der Waals surface area contributed by atoms with Crippen molar-refractivity contribution in [1.82, 2.24) is 0 Å². The average Bonchev–Trinajstić information content (AvgIpc) is 1.87. The molecule has 0 heterocycles. The summed E-state index contributed by atoms with van der Waals surface area (Å²) < 4.78 is 2.08. The summed E-state index contributed by atoms with van der Waals surface area (Å²) in [6.45, 7) is 9.44. The van der Waals surface area contributed by atoms with E-state index in [0.717, 1.165) is 9.41 Å². The van der Waals surface area contributed by atoms with E-state index in [-0.39, 0.29) is 0 Å². The molecule has 0 bridgehead atoms. The standard InChI is InChI=1S/C10H22As/c1-5-7-9(3)11-10(4)8-6-2/h9-10H,5-8H2,1-4H3. The molecule has 0 aromatic heterocycles. The Morgan fingerprint density at radius 1 is 0.909 bits per heavy atom. The normalized spacial score (nSPS) is 17.5. The van der Waals surface area contributed by atoms with E-state index in [2.05, 4.69) is 27.7 Å². The molecule has 1 radical (unpaired) electrons. The second-order valence-electron chi connectivity index (χ2n) is 3.42. The fourth-order valence-corrected chi connectivity index (χ4v) is 4.95. The third-order valence-electron chi connectivity index (χ3n) is 1.92. The van der Waals surface area contributed by atoms with Gasteiger partial charge in [-0.2, -0.15) is 0 Å². The first-order valence-electron chi connectivity index (χ1n) is 4.90. The van der Waals surface area contributed by atoms with E-state index in [1.54, 1.807) is 0 Å². The van der Waals surface area contributed by atoms with E-state index in [4.69, 9.17) is 0 Å². The summed E-state index contributed by atoms with van der Waals surface area (Å²) in [5, 5.41) is 0. The Hall–Kier alpha value is 0.558. The fraction of sp³-hybridized carbons (Fsp3) is 1.00. The first kappa shape index (κ1) is 11.6. The van der Waals surface area contributed by atoms with Gasteiger partial charge in [0.05, 0.1) is 0 Å². The SMILES string of the molecule is CCCC(C)[As]C(C)CCC. The molecule has 0 spiro atoms. The molecule has 0 nitrogen and oxygen atoms in total. The Bertz CT molecular complexity index is 70.9. The van der Waals surface area contributed by atoms with Crippen LogP contribution in [0.5, 0.6) is 0 Å². The molecule has 0 aliphatic heterocycles. The van der Waals surface area contributed by atoms with Gasteiger partial charge < -0.3 is 0 Å². The zero-order valence-electron chi connectivity index (χ0n) is 8.43. The second kappa shape index (κ2) is 7.22. The van der Waals surface area contributed by atoms with Gasteiger partial charge in [0.25, 0.3) is 0 Å². The van der Waals surface area contributed by atoms with Gasteiger partial charge in [-0.3, -0.25) is 0 Å². The van der Waals surface area contributed by atoms with Crippen LogP contribution in [0.4, 0.5) is 0 Å². The number of hydrogen-bond acceptors (Lipinski definition) is 0. The van der Waals surface area contributed by atoms with E-state index in [9.17, 15) is 0 Å². The van der Waals surface area contributed by atoms with Crippen molar-refractivity contribution < 1.29 is 0 Å². The molecule has 0 aliphatic rings. The summed E-state index contributed by atoms with van der Waals surface area (Å²) in [5.74, 6) is 0. The molecule has 0 saturated heterocycles. The molecule has 67 valence electrons. The molecule has 0 rings (SSSR count). The van der Waals surface area contributed by atoms with Gasteiger partial charge in [-0.1, -0.05) is 0 Å². The topological polar surface area (TPSA) is 0 Å². The van der Waals surface area contributed by atoms with Crippen LogP contribution in [0.15, 0.2) is 0 Å². The quantitative estimate of drug-likeness (QED) is 0.592. The number of hydrogen-bond donors (Lipinski definition) is 0. The van der Waals surface area contributed by atoms with E-state index in [1.807, 2.05) is 0 Å². The van der Waals surface area contributed by atoms with Crippen molar-refractivity contribution in [2.45, 2.75) is 62.8 Å². The molecule has 0 saturated carbocycles. The Morgan fingerprint density at radius 3 is 1.55 bits per heavy atom. The monoisotopic (exact) mass is 217 g/mol. The molecule has 0 fully saturated rings. The van der Waals surface area contributed by atoms with Crippen LogP contribution in [0, 0.1) is 0 Å². The summed E-state index contributed by atoms with van der Waals surface area (Å²) in [6.07, 6.45) is 5.65. The fourth-order valence-electron chi connectivity index (χ4n) is 1.42. The molecule has 0 N–H and O–H groups in total. The first-order chi connectivity index (χ1) is 5.20. The molecule has 2 unspecified atom stereocenters. The van der Waals surface area contributed by atoms with Gasteiger partial charge in [0.2, 0.25) is 0 Å². The van der Waals surface area contributed by atoms with E-state index in [1.165, 1.54) is 25.7 Å². The molecular weight excluding hydrogens is 195 g/mol. The Kier molecular flexibility index (Phi) is 7.59. The van der Waals surface area contributed by atoms with Crippen LogP contribution in [-0.4, -0.2) is 15.8 Å². The Morgan fingerprint density at radius 2 is 1.27 bits per heavy atom. The molecule has 0 aliphatic carbocycles. The van der Waals surface area contributed by atoms with Gasteiger partial charge in [-0.25, -0.2) is 0 Å². The van der Waals surface area contributed by atoms with Crippen LogP contribution >= 0.6 is 0 Å². The van der Waals surface area contributed by atoms with Crippen LogP contribution in [0.2, 0.25) is 9.41 Å². The molecule has 0 aromatic carbocycles. The van der Waals surface area contributed by atoms with Crippen LogP contribution in [-0.2, 0) is 0 Å². The predicted octanol–water partition coefficient (Wildman–Crippen LogP) is 3.91. The molecule has 0 amide bonds. The van der Waals surface area contributed by atoms with Crippen molar-refractivity contribution in [3.8, 4) is 0 Å². The van der Waals surface area contributed by atoms with Gasteiger partial charge in [0.15, 0.2) is 0 Å². The van der Waals surface area contributed by atoms with Crippen LogP contribution < -0.4 is 0 Å². The third-order valence-corrected chi connectivity index (χ3v) is 5.14. The zero-order valence-corrected chi connectivity index (χ0v) is 10.3. The summed E-state index contributed by atoms with van der Waals surface area (Å²) in [6, 6.07) is 0. The van der Waals surface area contributed by atoms with Crippen LogP contribution in [0.25, 0.3) is 0 Å². The Balaban J connectivity index is 3.32. The summed E-state index contributed by atoms with van der Waals surface area (Å²) in [5.41, 5.74) is 0. The number of rotatable bonds is 6. The van der Waals surface area contributed by atoms with Crippen molar-refractivity contribution in [3.05, 3.63) is 0 Å². The molecule has 2 atom stereocenters. The summed E-state index contributed by atoms with van der Waals surface area (Å²) >= 11 is 0.626. The van der Waals surface area contributed by atoms with Gasteiger partial charge in [-0.05, 0) is 0 Å². The van der Waals surface area contributed by atoms with Crippen LogP contribution in [0.1, 0.15) is 53.4 Å². The molecule has 11 heavy (non-hydrogen) atoms. The van der Waals surface area contributed by atoms with Gasteiger partial charge in [0.1, 0.15) is 0 Å². The average molecular weight is 217 g/mol. The van der Waals surface area contributed by atoms with E-state index < -0.39 is 0 Å². The summed E-state index contributed by atoms with van der Waals surface area (Å²) in [4.78, 5) is 0. The summed E-state index contributed by atoms with van der Waals surface area (Å²) in [7, 11) is 0. The van der Waals surface area contributed by atoms with Crippen molar-refractivity contribution in [3.63, 3.8) is 0 Å². The van der Waals surface area contributed by atoms with Crippen LogP contribution in [0.3, 0.4) is 0 Å². The van der Waals surface area contributed by atoms with Crippen molar-refractivity contribution in [1.29, 1.82) is 0 Å². The zero-order chi connectivity index (χ0) is 8.69.